The summed E-state index contributed by atoms with van der Waals surface area (Å²) in [6.07, 6.45) is 3.87. The van der Waals surface area contributed by atoms with Gasteiger partial charge in [-0.3, -0.25) is 4.79 Å². The lowest BCUT2D eigenvalue weighted by atomic mass is 9.89. The number of hydrogen-bond donors (Lipinski definition) is 0. The van der Waals surface area contributed by atoms with Crippen LogP contribution in [0.15, 0.2) is 35.6 Å². The van der Waals surface area contributed by atoms with Crippen molar-refractivity contribution in [2.24, 2.45) is 0 Å². The van der Waals surface area contributed by atoms with Gasteiger partial charge in [0, 0.05) is 18.9 Å². The first-order valence-electron chi connectivity index (χ1n) is 7.98. The number of ether oxygens (including phenoxy) is 1. The van der Waals surface area contributed by atoms with Crippen LogP contribution < -0.4 is 0 Å². The molecule has 126 valence electrons. The molecule has 1 fully saturated rings. The first kappa shape index (κ1) is 17.6. The second kappa shape index (κ2) is 6.42. The van der Waals surface area contributed by atoms with Crippen molar-refractivity contribution in [2.45, 2.75) is 64.9 Å². The molecule has 0 N–H and O–H groups in total. The van der Waals surface area contributed by atoms with Crippen molar-refractivity contribution in [3.8, 4) is 0 Å². The van der Waals surface area contributed by atoms with E-state index in [1.54, 1.807) is 12.1 Å². The normalized spacial score (nSPS) is 15.1. The summed E-state index contributed by atoms with van der Waals surface area (Å²) in [4.78, 5) is 11.0. The monoisotopic (exact) mass is 322 g/mol. The minimum atomic E-state index is -3.42. The van der Waals surface area contributed by atoms with Crippen molar-refractivity contribution in [1.82, 2.24) is 0 Å². The number of rotatable bonds is 5. The second-order valence-electron chi connectivity index (χ2n) is 7.10. The van der Waals surface area contributed by atoms with E-state index in [2.05, 4.69) is 0 Å². The third kappa shape index (κ3) is 4.40. The molecular weight excluding hydrogens is 298 g/mol. The number of ketones is 1. The van der Waals surface area contributed by atoms with Crippen LogP contribution in [0, 0.1) is 0 Å². The van der Waals surface area contributed by atoms with Gasteiger partial charge in [-0.25, -0.2) is 0 Å². The minimum Gasteiger partial charge on any atom is -0.492 e. The number of allylic oxidation sites excluding steroid dienone is 2. The van der Waals surface area contributed by atoms with Crippen LogP contribution in [0.4, 0.5) is 8.78 Å². The molecule has 2 nitrogen and oxygen atoms in total. The molecule has 0 heterocycles. The highest BCUT2D eigenvalue weighted by molar-refractivity contribution is 5.84. The van der Waals surface area contributed by atoms with Crippen LogP contribution in [0.1, 0.15) is 58.1 Å². The SMILES string of the molecule is CC(=O)C(F)(F)c1ccc(CC(OC(C)(C)C)=C2CCC2)cc1. The molecule has 0 saturated heterocycles. The average Bonchev–Trinajstić information content (AvgIpc) is 2.35. The molecule has 0 unspecified atom stereocenters. The first-order valence-corrected chi connectivity index (χ1v) is 7.98. The molecule has 0 aliphatic heterocycles. The molecular formula is C19H24F2O2. The third-order valence-electron chi connectivity index (χ3n) is 3.90. The Hall–Kier alpha value is -1.71. The zero-order valence-corrected chi connectivity index (χ0v) is 14.2. The van der Waals surface area contributed by atoms with Crippen LogP contribution in [-0.2, 0) is 21.9 Å². The highest BCUT2D eigenvalue weighted by Gasteiger charge is 2.37. The Bertz CT molecular complexity index is 601. The Balaban J connectivity index is 2.17. The van der Waals surface area contributed by atoms with Gasteiger partial charge in [-0.2, -0.15) is 8.78 Å². The molecule has 1 aromatic rings. The van der Waals surface area contributed by atoms with Crippen molar-refractivity contribution < 1.29 is 18.3 Å². The molecule has 0 amide bonds. The number of carbonyl (C=O) groups is 1. The van der Waals surface area contributed by atoms with Gasteiger partial charge in [0.1, 0.15) is 11.4 Å². The standard InChI is InChI=1S/C19H24F2O2/c1-13(22)19(20,21)16-10-8-14(9-11-16)12-17(15-6-5-7-15)23-18(2,3)4/h8-11H,5-7,12H2,1-4H3. The summed E-state index contributed by atoms with van der Waals surface area (Å²) in [5.74, 6) is -3.61. The van der Waals surface area contributed by atoms with Crippen LogP contribution in [-0.4, -0.2) is 11.4 Å². The summed E-state index contributed by atoms with van der Waals surface area (Å²) in [5.41, 5.74) is 1.69. The summed E-state index contributed by atoms with van der Waals surface area (Å²) in [5, 5.41) is 0. The van der Waals surface area contributed by atoms with Crippen molar-refractivity contribution in [1.29, 1.82) is 0 Å². The van der Waals surface area contributed by atoms with E-state index in [-0.39, 0.29) is 11.2 Å². The highest BCUT2D eigenvalue weighted by atomic mass is 19.3. The number of halogens is 2. The van der Waals surface area contributed by atoms with Crippen molar-refractivity contribution in [3.05, 3.63) is 46.7 Å². The molecule has 1 aromatic carbocycles. The Morgan fingerprint density at radius 2 is 1.70 bits per heavy atom. The van der Waals surface area contributed by atoms with Crippen molar-refractivity contribution in [3.63, 3.8) is 0 Å². The number of hydrogen-bond acceptors (Lipinski definition) is 2. The molecule has 0 atom stereocenters. The fourth-order valence-corrected chi connectivity index (χ4v) is 2.46. The molecule has 1 aliphatic carbocycles. The molecule has 2 rings (SSSR count). The summed E-state index contributed by atoms with van der Waals surface area (Å²) in [7, 11) is 0. The number of carbonyl (C=O) groups excluding carboxylic acids is 1. The lowest BCUT2D eigenvalue weighted by Crippen LogP contribution is -2.23. The third-order valence-corrected chi connectivity index (χ3v) is 3.90. The van der Waals surface area contributed by atoms with Crippen LogP contribution in [0.2, 0.25) is 0 Å². The Morgan fingerprint density at radius 1 is 1.13 bits per heavy atom. The summed E-state index contributed by atoms with van der Waals surface area (Å²) in [6.45, 7) is 6.92. The number of Topliss-reactive ketones (excluding diaryl/α,β-unsaturated/α-hetero) is 1. The fourth-order valence-electron chi connectivity index (χ4n) is 2.46. The number of alkyl halides is 2. The maximum atomic E-state index is 13.7. The maximum absolute atomic E-state index is 13.7. The Labute approximate surface area is 136 Å². The maximum Gasteiger partial charge on any atom is 0.330 e. The first-order chi connectivity index (χ1) is 10.6. The smallest absolute Gasteiger partial charge is 0.330 e. The number of benzene rings is 1. The molecule has 23 heavy (non-hydrogen) atoms. The van der Waals surface area contributed by atoms with E-state index in [0.29, 0.717) is 6.42 Å². The van der Waals surface area contributed by atoms with Crippen LogP contribution in [0.25, 0.3) is 0 Å². The lowest BCUT2D eigenvalue weighted by molar-refractivity contribution is -0.141. The second-order valence-corrected chi connectivity index (χ2v) is 7.10. The minimum absolute atomic E-state index is 0.261. The van der Waals surface area contributed by atoms with E-state index in [1.165, 1.54) is 24.1 Å². The van der Waals surface area contributed by atoms with E-state index in [1.807, 2.05) is 20.8 Å². The van der Waals surface area contributed by atoms with E-state index in [0.717, 1.165) is 31.1 Å². The van der Waals surface area contributed by atoms with Gasteiger partial charge >= 0.3 is 5.92 Å². The van der Waals surface area contributed by atoms with Gasteiger partial charge in [-0.15, -0.1) is 0 Å². The molecule has 0 aromatic heterocycles. The van der Waals surface area contributed by atoms with Crippen LogP contribution in [0.5, 0.6) is 0 Å². The van der Waals surface area contributed by atoms with Gasteiger partial charge in [0.15, 0.2) is 0 Å². The van der Waals surface area contributed by atoms with E-state index in [9.17, 15) is 13.6 Å². The van der Waals surface area contributed by atoms with E-state index >= 15 is 0 Å². The highest BCUT2D eigenvalue weighted by Crippen LogP contribution is 2.34. The van der Waals surface area contributed by atoms with Gasteiger partial charge in [-0.05, 0) is 51.2 Å². The summed E-state index contributed by atoms with van der Waals surface area (Å²) >= 11 is 0. The average molecular weight is 322 g/mol. The van der Waals surface area contributed by atoms with Crippen molar-refractivity contribution in [2.75, 3.05) is 0 Å². The van der Waals surface area contributed by atoms with Gasteiger partial charge in [0.25, 0.3) is 0 Å². The quantitative estimate of drug-likeness (QED) is 0.700. The largest absolute Gasteiger partial charge is 0.492 e. The van der Waals surface area contributed by atoms with Gasteiger partial charge in [-0.1, -0.05) is 24.3 Å². The molecule has 0 bridgehead atoms. The molecule has 0 radical (unpaired) electrons. The summed E-state index contributed by atoms with van der Waals surface area (Å²) in [6, 6.07) is 5.96. The molecule has 1 saturated carbocycles. The van der Waals surface area contributed by atoms with Crippen LogP contribution in [0.3, 0.4) is 0 Å². The Kier molecular flexibility index (Phi) is 4.92. The van der Waals surface area contributed by atoms with E-state index in [4.69, 9.17) is 4.74 Å². The zero-order valence-electron chi connectivity index (χ0n) is 14.2. The Morgan fingerprint density at radius 3 is 2.09 bits per heavy atom. The zero-order chi connectivity index (χ0) is 17.3. The van der Waals surface area contributed by atoms with E-state index < -0.39 is 11.7 Å². The van der Waals surface area contributed by atoms with Gasteiger partial charge in [0.2, 0.25) is 5.78 Å². The lowest BCUT2D eigenvalue weighted by Gasteiger charge is -2.29. The molecule has 1 aliphatic rings. The summed E-state index contributed by atoms with van der Waals surface area (Å²) < 4.78 is 33.5. The predicted octanol–water partition coefficient (Wildman–Crippen LogP) is 5.16. The van der Waals surface area contributed by atoms with Gasteiger partial charge < -0.3 is 4.74 Å². The molecule has 0 spiro atoms. The predicted molar refractivity (Wildman–Crippen MR) is 86.4 cm³/mol. The topological polar surface area (TPSA) is 26.3 Å². The van der Waals surface area contributed by atoms with Gasteiger partial charge in [0.05, 0.1) is 0 Å². The molecule has 4 heteroatoms. The van der Waals surface area contributed by atoms with Crippen molar-refractivity contribution >= 4 is 5.78 Å². The fraction of sp³-hybridized carbons (Fsp3) is 0.526. The van der Waals surface area contributed by atoms with Crippen LogP contribution >= 0.6 is 0 Å².